The van der Waals surface area contributed by atoms with Crippen LogP contribution in [-0.4, -0.2) is 43.3 Å². The maximum absolute atomic E-state index is 13.6. The number of thioether (sulfide) groups is 2. The Morgan fingerprint density at radius 2 is 1.81 bits per heavy atom. The molecule has 1 saturated heterocycles. The number of benzene rings is 2. The van der Waals surface area contributed by atoms with Crippen molar-refractivity contribution in [3.63, 3.8) is 0 Å². The van der Waals surface area contributed by atoms with Crippen molar-refractivity contribution in [3.05, 3.63) is 52.4 Å². The van der Waals surface area contributed by atoms with Gasteiger partial charge in [-0.3, -0.25) is 9.69 Å². The molecule has 2 aromatic rings. The molecule has 0 aliphatic carbocycles. The average molecular weight is 470 g/mol. The van der Waals surface area contributed by atoms with Crippen LogP contribution in [0.3, 0.4) is 0 Å². The average Bonchev–Trinajstić information content (AvgIpc) is 3.34. The zero-order chi connectivity index (χ0) is 22.7. The van der Waals surface area contributed by atoms with Crippen LogP contribution in [0.2, 0.25) is 0 Å². The molecule has 0 spiro atoms. The number of amidine groups is 1. The molecule has 0 aromatic heterocycles. The summed E-state index contributed by atoms with van der Waals surface area (Å²) < 4.78 is 10.9. The molecule has 0 bridgehead atoms. The van der Waals surface area contributed by atoms with Gasteiger partial charge in [0.15, 0.2) is 5.17 Å². The van der Waals surface area contributed by atoms with Crippen LogP contribution in [0.25, 0.3) is 0 Å². The van der Waals surface area contributed by atoms with Crippen LogP contribution in [0.4, 0.5) is 11.4 Å². The Morgan fingerprint density at radius 1 is 1.00 bits per heavy atom. The smallest absolute Gasteiger partial charge is 0.269 e. The Bertz CT molecular complexity index is 1080. The summed E-state index contributed by atoms with van der Waals surface area (Å²) in [6, 6.07) is 13.7. The number of ether oxygens (including phenoxy) is 2. The molecule has 2 aromatic carbocycles. The zero-order valence-corrected chi connectivity index (χ0v) is 20.4. The van der Waals surface area contributed by atoms with Gasteiger partial charge in [-0.05, 0) is 49.4 Å². The van der Waals surface area contributed by atoms with Gasteiger partial charge in [-0.15, -0.1) is 0 Å². The van der Waals surface area contributed by atoms with Crippen LogP contribution < -0.4 is 14.4 Å². The van der Waals surface area contributed by atoms with Gasteiger partial charge in [0.05, 0.1) is 19.9 Å². The predicted octanol–water partition coefficient (Wildman–Crippen LogP) is 5.87. The Hall–Kier alpha value is -2.58. The van der Waals surface area contributed by atoms with Crippen molar-refractivity contribution in [2.45, 2.75) is 31.6 Å². The van der Waals surface area contributed by atoms with Gasteiger partial charge in [0, 0.05) is 24.1 Å². The highest BCUT2D eigenvalue weighted by atomic mass is 32.2. The minimum Gasteiger partial charge on any atom is -0.497 e. The standard InChI is InChI=1S/C24H27N3O3S2/c1-5-7-14-27-22(28)21(32-24(27)25-17-10-8-9-11-19(17)30-4)23-26(6-2)18-15-16(29-3)12-13-20(18)31-23/h8-13,15H,5-7,14H2,1-4H3. The third-order valence-electron chi connectivity index (χ3n) is 5.32. The summed E-state index contributed by atoms with van der Waals surface area (Å²) in [5, 5.41) is 1.65. The number of methoxy groups -OCH3 is 2. The number of unbranched alkanes of at least 4 members (excludes halogenated alkanes) is 1. The van der Waals surface area contributed by atoms with E-state index < -0.39 is 0 Å². The van der Waals surface area contributed by atoms with Crippen LogP contribution in [-0.2, 0) is 4.79 Å². The first kappa shape index (κ1) is 22.6. The van der Waals surface area contributed by atoms with Crippen LogP contribution in [0.1, 0.15) is 26.7 Å². The minimum atomic E-state index is 0.0119. The van der Waals surface area contributed by atoms with Gasteiger partial charge >= 0.3 is 0 Å². The fraction of sp³-hybridized carbons (Fsp3) is 0.333. The summed E-state index contributed by atoms with van der Waals surface area (Å²) in [5.74, 6) is 1.51. The lowest BCUT2D eigenvalue weighted by Crippen LogP contribution is -2.30. The topological polar surface area (TPSA) is 54.4 Å². The molecule has 0 radical (unpaired) electrons. The van der Waals surface area contributed by atoms with Crippen molar-refractivity contribution in [1.29, 1.82) is 0 Å². The molecule has 0 unspecified atom stereocenters. The van der Waals surface area contributed by atoms with Gasteiger partial charge in [0.1, 0.15) is 27.1 Å². The number of nitrogens with zero attached hydrogens (tertiary/aromatic N) is 3. The van der Waals surface area contributed by atoms with Crippen molar-refractivity contribution in [3.8, 4) is 11.5 Å². The van der Waals surface area contributed by atoms with Gasteiger partial charge in [-0.1, -0.05) is 37.2 Å². The van der Waals surface area contributed by atoms with Gasteiger partial charge in [-0.2, -0.15) is 0 Å². The van der Waals surface area contributed by atoms with E-state index in [-0.39, 0.29) is 5.91 Å². The second kappa shape index (κ2) is 9.92. The predicted molar refractivity (Wildman–Crippen MR) is 133 cm³/mol. The summed E-state index contributed by atoms with van der Waals surface area (Å²) in [4.78, 5) is 24.2. The molecular formula is C24H27N3O3S2. The van der Waals surface area contributed by atoms with E-state index in [1.165, 1.54) is 11.8 Å². The summed E-state index contributed by atoms with van der Waals surface area (Å²) in [6.45, 7) is 5.62. The third kappa shape index (κ3) is 4.21. The number of carbonyl (C=O) groups is 1. The minimum absolute atomic E-state index is 0.0119. The summed E-state index contributed by atoms with van der Waals surface area (Å²) >= 11 is 3.08. The largest absolute Gasteiger partial charge is 0.497 e. The summed E-state index contributed by atoms with van der Waals surface area (Å²) in [5.41, 5.74) is 1.79. The monoisotopic (exact) mass is 469 g/mol. The highest BCUT2D eigenvalue weighted by molar-refractivity contribution is 8.19. The van der Waals surface area contributed by atoms with E-state index in [0.717, 1.165) is 51.3 Å². The molecule has 0 atom stereocenters. The van der Waals surface area contributed by atoms with E-state index in [2.05, 4.69) is 24.8 Å². The normalized spacial score (nSPS) is 19.1. The van der Waals surface area contributed by atoms with Crippen LogP contribution in [0, 0.1) is 0 Å². The Balaban J connectivity index is 1.76. The number of amides is 1. The molecule has 1 fully saturated rings. The number of para-hydroxylation sites is 2. The maximum Gasteiger partial charge on any atom is 0.269 e. The van der Waals surface area contributed by atoms with Crippen molar-refractivity contribution in [2.75, 3.05) is 32.2 Å². The number of carbonyl (C=O) groups excluding carboxylic acids is 1. The lowest BCUT2D eigenvalue weighted by atomic mass is 10.2. The van der Waals surface area contributed by atoms with E-state index in [9.17, 15) is 4.79 Å². The Labute approximate surface area is 197 Å². The van der Waals surface area contributed by atoms with E-state index in [1.807, 2.05) is 36.4 Å². The summed E-state index contributed by atoms with van der Waals surface area (Å²) in [6.07, 6.45) is 1.92. The maximum atomic E-state index is 13.6. The lowest BCUT2D eigenvalue weighted by Gasteiger charge is -2.19. The Kier molecular flexibility index (Phi) is 7.01. The first-order valence-corrected chi connectivity index (χ1v) is 12.3. The van der Waals surface area contributed by atoms with E-state index in [4.69, 9.17) is 14.5 Å². The number of aliphatic imine (C=N–C) groups is 1. The number of rotatable bonds is 7. The molecule has 8 heteroatoms. The highest BCUT2D eigenvalue weighted by Gasteiger charge is 2.39. The molecule has 2 aliphatic heterocycles. The second-order valence-corrected chi connectivity index (χ2v) is 9.30. The molecule has 1 amide bonds. The fourth-order valence-corrected chi connectivity index (χ4v) is 6.02. The first-order chi connectivity index (χ1) is 15.6. The quantitative estimate of drug-likeness (QED) is 0.473. The van der Waals surface area contributed by atoms with Crippen molar-refractivity contribution in [2.24, 2.45) is 4.99 Å². The van der Waals surface area contributed by atoms with E-state index >= 15 is 0 Å². The molecule has 32 heavy (non-hydrogen) atoms. The fourth-order valence-electron chi connectivity index (χ4n) is 3.63. The van der Waals surface area contributed by atoms with Crippen molar-refractivity contribution >= 4 is 46.0 Å². The van der Waals surface area contributed by atoms with Gasteiger partial charge in [-0.25, -0.2) is 4.99 Å². The van der Waals surface area contributed by atoms with Crippen molar-refractivity contribution in [1.82, 2.24) is 4.90 Å². The first-order valence-electron chi connectivity index (χ1n) is 10.7. The molecule has 2 aliphatic rings. The second-order valence-electron chi connectivity index (χ2n) is 7.29. The van der Waals surface area contributed by atoms with Crippen LogP contribution in [0.15, 0.2) is 62.3 Å². The number of anilines is 1. The van der Waals surface area contributed by atoms with Crippen LogP contribution in [0.5, 0.6) is 11.5 Å². The van der Waals surface area contributed by atoms with E-state index in [0.29, 0.717) is 17.5 Å². The summed E-state index contributed by atoms with van der Waals surface area (Å²) in [7, 11) is 3.30. The van der Waals surface area contributed by atoms with Gasteiger partial charge in [0.2, 0.25) is 0 Å². The Morgan fingerprint density at radius 3 is 2.53 bits per heavy atom. The molecule has 2 heterocycles. The molecule has 4 rings (SSSR count). The molecule has 6 nitrogen and oxygen atoms in total. The zero-order valence-electron chi connectivity index (χ0n) is 18.8. The number of hydrogen-bond donors (Lipinski definition) is 0. The highest BCUT2D eigenvalue weighted by Crippen LogP contribution is 2.51. The van der Waals surface area contributed by atoms with Gasteiger partial charge < -0.3 is 14.4 Å². The number of fused-ring (bicyclic) bond motifs is 1. The van der Waals surface area contributed by atoms with E-state index in [1.54, 1.807) is 30.9 Å². The molecule has 168 valence electrons. The molecule has 0 saturated carbocycles. The third-order valence-corrected chi connectivity index (χ3v) is 7.70. The SMILES string of the molecule is CCCCN1C(=O)C(=C2Sc3ccc(OC)cc3N2CC)SC1=Nc1ccccc1OC. The van der Waals surface area contributed by atoms with Crippen molar-refractivity contribution < 1.29 is 14.3 Å². The van der Waals surface area contributed by atoms with Crippen LogP contribution >= 0.6 is 23.5 Å². The number of hydrogen-bond acceptors (Lipinski definition) is 7. The molecule has 0 N–H and O–H groups in total. The molecular weight excluding hydrogens is 442 g/mol. The lowest BCUT2D eigenvalue weighted by molar-refractivity contribution is -0.122. The van der Waals surface area contributed by atoms with Gasteiger partial charge in [0.25, 0.3) is 5.91 Å².